The van der Waals surface area contributed by atoms with Gasteiger partial charge < -0.3 is 10.1 Å². The van der Waals surface area contributed by atoms with Crippen molar-refractivity contribution in [2.45, 2.75) is 38.3 Å². The summed E-state index contributed by atoms with van der Waals surface area (Å²) >= 11 is 0. The minimum Gasteiger partial charge on any atom is -0.482 e. The molecule has 2 saturated carbocycles. The summed E-state index contributed by atoms with van der Waals surface area (Å²) in [5, 5.41) is 3.56. The number of aromatic nitrogens is 2. The van der Waals surface area contributed by atoms with Gasteiger partial charge in [0, 0.05) is 23.6 Å². The number of fused-ring (bicyclic) bond motifs is 1. The molecule has 1 aromatic heterocycles. The van der Waals surface area contributed by atoms with E-state index in [2.05, 4.69) is 15.3 Å². The van der Waals surface area contributed by atoms with Gasteiger partial charge in [-0.1, -0.05) is 30.3 Å². The van der Waals surface area contributed by atoms with Crippen molar-refractivity contribution in [2.24, 2.45) is 11.3 Å². The van der Waals surface area contributed by atoms with E-state index in [-0.39, 0.29) is 11.6 Å². The normalized spacial score (nSPS) is 25.0. The summed E-state index contributed by atoms with van der Waals surface area (Å²) in [5.41, 5.74) is 0.352. The average molecular weight is 464 g/mol. The molecule has 2 fully saturated rings. The molecule has 2 aliphatic carbocycles. The Labute approximate surface area is 184 Å². The summed E-state index contributed by atoms with van der Waals surface area (Å²) < 4.78 is 56.8. The largest absolute Gasteiger partial charge is 0.482 e. The van der Waals surface area contributed by atoms with E-state index in [1.165, 1.54) is 18.5 Å². The molecule has 1 aromatic carbocycles. The second-order valence-corrected chi connectivity index (χ2v) is 10.4. The zero-order chi connectivity index (χ0) is 23.3. The lowest BCUT2D eigenvalue weighted by Gasteiger charge is -2.25. The summed E-state index contributed by atoms with van der Waals surface area (Å²) in [6.45, 7) is 3.45. The molecule has 0 spiro atoms. The highest BCUT2D eigenvalue weighted by Crippen LogP contribution is 2.89. The molecular weight excluding hydrogens is 440 g/mol. The topological polar surface area (TPSA) is 98.2 Å². The Kier molecular flexibility index (Phi) is 5.31. The van der Waals surface area contributed by atoms with Crippen molar-refractivity contribution in [1.29, 1.82) is 0 Å². The number of sulfone groups is 1. The summed E-state index contributed by atoms with van der Waals surface area (Å²) in [4.78, 5) is 20.2. The number of ether oxygens (including phenoxy) is 1. The molecule has 32 heavy (non-hydrogen) atoms. The molecule has 1 N–H and O–H groups in total. The molecule has 0 bridgehead atoms. The highest BCUT2D eigenvalue weighted by molar-refractivity contribution is 7.93. The van der Waals surface area contributed by atoms with Crippen LogP contribution in [0.25, 0.3) is 0 Å². The fraction of sp³-hybridized carbons (Fsp3) is 0.409. The number of carbonyl (C=O) groups is 1. The summed E-state index contributed by atoms with van der Waals surface area (Å²) in [6.07, 6.45) is 4.49. The van der Waals surface area contributed by atoms with Crippen LogP contribution in [0.15, 0.2) is 48.1 Å². The number of nitrogens with zero attached hydrogens (tertiary/aromatic N) is 2. The smallest absolute Gasteiger partial charge is 0.289 e. The monoisotopic (exact) mass is 463 g/mol. The van der Waals surface area contributed by atoms with Crippen LogP contribution in [0, 0.1) is 18.3 Å². The number of hydrogen-bond acceptors (Lipinski definition) is 6. The Morgan fingerprint density at radius 1 is 1.28 bits per heavy atom. The maximum atomic E-state index is 14.2. The highest BCUT2D eigenvalue weighted by atomic mass is 32.2. The zero-order valence-corrected chi connectivity index (χ0v) is 18.6. The van der Waals surface area contributed by atoms with E-state index in [9.17, 15) is 22.0 Å². The van der Waals surface area contributed by atoms with Crippen LogP contribution < -0.4 is 10.1 Å². The minimum atomic E-state index is -3.31. The van der Waals surface area contributed by atoms with Gasteiger partial charge in [0.1, 0.15) is 6.10 Å². The Hall–Kier alpha value is -2.88. The predicted molar refractivity (Wildman–Crippen MR) is 113 cm³/mol. The van der Waals surface area contributed by atoms with Crippen molar-refractivity contribution in [3.05, 3.63) is 65.1 Å². The van der Waals surface area contributed by atoms with Crippen LogP contribution in [0.3, 0.4) is 0 Å². The maximum Gasteiger partial charge on any atom is 0.289 e. The lowest BCUT2D eigenvalue weighted by Crippen LogP contribution is -2.32. The molecule has 2 aromatic rings. The first kappa shape index (κ1) is 22.3. The van der Waals surface area contributed by atoms with Crippen molar-refractivity contribution in [1.82, 2.24) is 15.3 Å². The highest BCUT2D eigenvalue weighted by Gasteiger charge is 2.96. The molecule has 2 unspecified atom stereocenters. The molecule has 10 heteroatoms. The van der Waals surface area contributed by atoms with Gasteiger partial charge in [-0.15, -0.1) is 0 Å². The predicted octanol–water partition coefficient (Wildman–Crippen LogP) is 3.24. The van der Waals surface area contributed by atoms with E-state index in [1.54, 1.807) is 19.1 Å². The van der Waals surface area contributed by atoms with Crippen molar-refractivity contribution < 1.29 is 26.7 Å². The lowest BCUT2D eigenvalue weighted by atomic mass is 9.94. The number of carbonyl (C=O) groups excluding carboxylic acids is 1. The number of halogens is 2. The lowest BCUT2D eigenvalue weighted by molar-refractivity contribution is -0.0166. The standard InChI is InChI=1S/C22H23F2N3O4S/c1-13-6-4-5-7-16(13)18(21-10-17(21)22(21,23)24)31-15-11-25-19(26-12-15)20(28)27-14(2)8-9-32(3,29)30/h4-9,11-12,14,17-18H,10H2,1-3H3,(H,27,28)/b9-8+/t14-,17?,18+,21?/m1/s1. The first-order valence-corrected chi connectivity index (χ1v) is 12.0. The van der Waals surface area contributed by atoms with E-state index in [1.807, 2.05) is 19.1 Å². The van der Waals surface area contributed by atoms with Crippen LogP contribution in [-0.4, -0.2) is 42.5 Å². The third-order valence-electron chi connectivity index (χ3n) is 5.98. The molecule has 0 aliphatic heterocycles. The average Bonchev–Trinajstić information content (AvgIpc) is 3.60. The molecule has 0 saturated heterocycles. The molecule has 4 rings (SSSR count). The number of amides is 1. The van der Waals surface area contributed by atoms with Gasteiger partial charge in [-0.05, 0) is 31.4 Å². The molecule has 7 nitrogen and oxygen atoms in total. The summed E-state index contributed by atoms with van der Waals surface area (Å²) in [5.74, 6) is -4.00. The van der Waals surface area contributed by atoms with E-state index in [4.69, 9.17) is 4.74 Å². The van der Waals surface area contributed by atoms with Gasteiger partial charge in [-0.25, -0.2) is 27.2 Å². The Bertz CT molecular complexity index is 1180. The summed E-state index contributed by atoms with van der Waals surface area (Å²) in [7, 11) is -3.31. The number of hydrogen-bond donors (Lipinski definition) is 1. The quantitative estimate of drug-likeness (QED) is 0.646. The second-order valence-electron chi connectivity index (χ2n) is 8.44. The van der Waals surface area contributed by atoms with E-state index in [0.29, 0.717) is 12.0 Å². The van der Waals surface area contributed by atoms with Crippen LogP contribution in [0.5, 0.6) is 5.75 Å². The SMILES string of the molecule is Cc1ccccc1[C@H](Oc1cnc(C(=O)N[C@H](C)/C=C/S(C)(=O)=O)nc1)C12CC1C2(F)F. The van der Waals surface area contributed by atoms with Gasteiger partial charge >= 0.3 is 0 Å². The van der Waals surface area contributed by atoms with Crippen molar-refractivity contribution in [3.63, 3.8) is 0 Å². The number of benzene rings is 1. The van der Waals surface area contributed by atoms with Crippen LogP contribution in [0.4, 0.5) is 8.78 Å². The number of alkyl halides is 2. The van der Waals surface area contributed by atoms with Crippen molar-refractivity contribution in [2.75, 3.05) is 6.26 Å². The first-order chi connectivity index (χ1) is 15.0. The molecular formula is C22H23F2N3O4S. The molecule has 170 valence electrons. The van der Waals surface area contributed by atoms with E-state index >= 15 is 0 Å². The number of nitrogens with one attached hydrogen (secondary N) is 1. The maximum absolute atomic E-state index is 14.2. The van der Waals surface area contributed by atoms with Gasteiger partial charge in [-0.3, -0.25) is 4.79 Å². The first-order valence-electron chi connectivity index (χ1n) is 10.1. The fourth-order valence-corrected chi connectivity index (χ4v) is 4.49. The second kappa shape index (κ2) is 7.61. The molecule has 0 radical (unpaired) electrons. The van der Waals surface area contributed by atoms with Crippen molar-refractivity contribution in [3.8, 4) is 5.75 Å². The number of rotatable bonds is 8. The van der Waals surface area contributed by atoms with Gasteiger partial charge in [-0.2, -0.15) is 0 Å². The van der Waals surface area contributed by atoms with Crippen molar-refractivity contribution >= 4 is 15.7 Å². The van der Waals surface area contributed by atoms with Gasteiger partial charge in [0.05, 0.1) is 17.8 Å². The molecule has 1 amide bonds. The van der Waals surface area contributed by atoms with Gasteiger partial charge in [0.2, 0.25) is 5.82 Å². The molecule has 4 atom stereocenters. The Morgan fingerprint density at radius 3 is 2.44 bits per heavy atom. The van der Waals surface area contributed by atoms with Gasteiger partial charge in [0.15, 0.2) is 15.6 Å². The molecule has 2 aliphatic rings. The van der Waals surface area contributed by atoms with E-state index < -0.39 is 45.1 Å². The van der Waals surface area contributed by atoms with Crippen LogP contribution >= 0.6 is 0 Å². The third kappa shape index (κ3) is 3.99. The van der Waals surface area contributed by atoms with Gasteiger partial charge in [0.25, 0.3) is 11.8 Å². The summed E-state index contributed by atoms with van der Waals surface area (Å²) in [6, 6.07) is 6.70. The van der Waals surface area contributed by atoms with Crippen LogP contribution in [0.2, 0.25) is 0 Å². The minimum absolute atomic E-state index is 0.149. The Morgan fingerprint density at radius 2 is 1.91 bits per heavy atom. The van der Waals surface area contributed by atoms with E-state index in [0.717, 1.165) is 17.2 Å². The fourth-order valence-electron chi connectivity index (χ4n) is 3.97. The number of aryl methyl sites for hydroxylation is 1. The third-order valence-corrected chi connectivity index (χ3v) is 6.63. The zero-order valence-electron chi connectivity index (χ0n) is 17.7. The van der Waals surface area contributed by atoms with Crippen LogP contribution in [-0.2, 0) is 9.84 Å². The van der Waals surface area contributed by atoms with Crippen LogP contribution in [0.1, 0.15) is 41.2 Å². The molecule has 1 heterocycles. The Balaban J connectivity index is 1.48.